The van der Waals surface area contributed by atoms with Crippen molar-refractivity contribution >= 4 is 11.4 Å². The fraction of sp³-hybridized carbons (Fsp3) is 0.0714. The Labute approximate surface area is 90.2 Å². The maximum Gasteiger partial charge on any atom is 0.0703 e. The highest BCUT2D eigenvalue weighted by Gasteiger charge is 2.02. The zero-order valence-electron chi connectivity index (χ0n) is 8.77. The van der Waals surface area contributed by atoms with Gasteiger partial charge in [0.25, 0.3) is 0 Å². The lowest BCUT2D eigenvalue weighted by Crippen LogP contribution is -1.97. The summed E-state index contributed by atoms with van der Waals surface area (Å²) in [4.78, 5) is 4.58. The van der Waals surface area contributed by atoms with E-state index in [-0.39, 0.29) is 0 Å². The molecule has 0 aromatic heterocycles. The van der Waals surface area contributed by atoms with Gasteiger partial charge >= 0.3 is 0 Å². The van der Waals surface area contributed by atoms with Crippen LogP contribution in [0, 0.1) is 6.92 Å². The normalized spacial score (nSPS) is 17.4. The Morgan fingerprint density at radius 2 is 1.80 bits per heavy atom. The topological polar surface area (TPSA) is 12.4 Å². The van der Waals surface area contributed by atoms with Gasteiger partial charge in [-0.3, -0.25) is 0 Å². The van der Waals surface area contributed by atoms with Crippen molar-refractivity contribution in [2.24, 2.45) is 4.99 Å². The molecule has 1 heteroatoms. The lowest BCUT2D eigenvalue weighted by atomic mass is 10.1. The number of hydrogen-bond acceptors (Lipinski definition) is 1. The van der Waals surface area contributed by atoms with Crippen LogP contribution in [-0.4, -0.2) is 5.71 Å². The molecule has 74 valence electrons. The van der Waals surface area contributed by atoms with E-state index >= 15 is 0 Å². The average Bonchev–Trinajstić information content (AvgIpc) is 2.24. The van der Waals surface area contributed by atoms with Crippen LogP contribution in [0.25, 0.3) is 0 Å². The molecule has 0 unspecified atom stereocenters. The number of aliphatic imine (C=N–C) groups is 1. The Morgan fingerprint density at radius 3 is 2.53 bits per heavy atom. The highest BCUT2D eigenvalue weighted by molar-refractivity contribution is 6.12. The van der Waals surface area contributed by atoms with Crippen LogP contribution in [-0.2, 0) is 0 Å². The van der Waals surface area contributed by atoms with Crippen LogP contribution in [0.5, 0.6) is 0 Å². The van der Waals surface area contributed by atoms with Gasteiger partial charge in [0.1, 0.15) is 0 Å². The van der Waals surface area contributed by atoms with E-state index in [4.69, 9.17) is 0 Å². The standard InChI is InChI=1S/C14H13N/c1-11-7-3-5-9-13(11)15-14-10-6-4-8-12(14)2/h3-10H,1H2,2H3. The molecule has 1 aromatic rings. The summed E-state index contributed by atoms with van der Waals surface area (Å²) in [6, 6.07) is 8.09. The van der Waals surface area contributed by atoms with E-state index in [1.165, 1.54) is 5.56 Å². The predicted octanol–water partition coefficient (Wildman–Crippen LogP) is 3.75. The maximum atomic E-state index is 4.58. The summed E-state index contributed by atoms with van der Waals surface area (Å²) >= 11 is 0. The van der Waals surface area contributed by atoms with Crippen molar-refractivity contribution in [3.63, 3.8) is 0 Å². The average molecular weight is 195 g/mol. The second kappa shape index (κ2) is 4.09. The molecule has 0 amide bonds. The molecule has 1 aliphatic rings. The zero-order valence-corrected chi connectivity index (χ0v) is 8.77. The number of hydrogen-bond donors (Lipinski definition) is 0. The fourth-order valence-corrected chi connectivity index (χ4v) is 1.44. The molecule has 1 aromatic carbocycles. The molecule has 1 aliphatic carbocycles. The van der Waals surface area contributed by atoms with E-state index in [9.17, 15) is 0 Å². The van der Waals surface area contributed by atoms with Crippen LogP contribution < -0.4 is 0 Å². The van der Waals surface area contributed by atoms with E-state index in [2.05, 4.69) is 24.6 Å². The quantitative estimate of drug-likeness (QED) is 0.647. The summed E-state index contributed by atoms with van der Waals surface area (Å²) in [5.41, 5.74) is 4.09. The Kier molecular flexibility index (Phi) is 2.64. The summed E-state index contributed by atoms with van der Waals surface area (Å²) in [6.45, 7) is 6.01. The van der Waals surface area contributed by atoms with E-state index in [0.717, 1.165) is 17.0 Å². The van der Waals surface area contributed by atoms with Crippen LogP contribution >= 0.6 is 0 Å². The predicted molar refractivity (Wildman–Crippen MR) is 65.7 cm³/mol. The number of rotatable bonds is 1. The van der Waals surface area contributed by atoms with Gasteiger partial charge in [-0.2, -0.15) is 0 Å². The van der Waals surface area contributed by atoms with E-state index in [0.29, 0.717) is 0 Å². The lowest BCUT2D eigenvalue weighted by molar-refractivity contribution is 1.39. The third kappa shape index (κ3) is 2.13. The van der Waals surface area contributed by atoms with Gasteiger partial charge in [0.05, 0.1) is 11.4 Å². The minimum absolute atomic E-state index is 0.937. The van der Waals surface area contributed by atoms with Crippen molar-refractivity contribution < 1.29 is 0 Å². The molecule has 0 radical (unpaired) electrons. The first-order valence-electron chi connectivity index (χ1n) is 4.96. The highest BCUT2D eigenvalue weighted by atomic mass is 14.7. The van der Waals surface area contributed by atoms with Gasteiger partial charge in [-0.05, 0) is 30.2 Å². The van der Waals surface area contributed by atoms with Crippen molar-refractivity contribution in [3.8, 4) is 0 Å². The molecular formula is C14H13N. The molecule has 1 nitrogen and oxygen atoms in total. The first-order valence-corrected chi connectivity index (χ1v) is 4.96. The number of allylic oxidation sites excluding steroid dienone is 5. The van der Waals surface area contributed by atoms with Gasteiger partial charge in [0.2, 0.25) is 0 Å². The number of aryl methyl sites for hydroxylation is 1. The van der Waals surface area contributed by atoms with Gasteiger partial charge in [-0.25, -0.2) is 4.99 Å². The molecule has 0 atom stereocenters. The van der Waals surface area contributed by atoms with Crippen molar-refractivity contribution in [1.29, 1.82) is 0 Å². The SMILES string of the molecule is C=C1C=CC=CC1=Nc1ccccc1C. The minimum Gasteiger partial charge on any atom is -0.248 e. The van der Waals surface area contributed by atoms with Gasteiger partial charge in [0.15, 0.2) is 0 Å². The molecule has 15 heavy (non-hydrogen) atoms. The van der Waals surface area contributed by atoms with E-state index < -0.39 is 0 Å². The largest absolute Gasteiger partial charge is 0.248 e. The molecule has 0 bridgehead atoms. The molecule has 0 spiro atoms. The summed E-state index contributed by atoms with van der Waals surface area (Å²) < 4.78 is 0. The smallest absolute Gasteiger partial charge is 0.0703 e. The second-order valence-electron chi connectivity index (χ2n) is 3.53. The first-order chi connectivity index (χ1) is 7.27. The highest BCUT2D eigenvalue weighted by Crippen LogP contribution is 2.19. The summed E-state index contributed by atoms with van der Waals surface area (Å²) in [5.74, 6) is 0. The van der Waals surface area contributed by atoms with Crippen LogP contribution in [0.2, 0.25) is 0 Å². The third-order valence-electron chi connectivity index (χ3n) is 2.35. The summed E-state index contributed by atoms with van der Waals surface area (Å²) in [6.07, 6.45) is 7.90. The minimum atomic E-state index is 0.937. The third-order valence-corrected chi connectivity index (χ3v) is 2.35. The Morgan fingerprint density at radius 1 is 1.07 bits per heavy atom. The molecule has 0 aliphatic heterocycles. The first kappa shape index (κ1) is 9.66. The number of para-hydroxylation sites is 1. The molecule has 0 N–H and O–H groups in total. The van der Waals surface area contributed by atoms with E-state index in [1.54, 1.807) is 0 Å². The van der Waals surface area contributed by atoms with Gasteiger partial charge in [-0.1, -0.05) is 43.0 Å². The molecular weight excluding hydrogens is 182 g/mol. The summed E-state index contributed by atoms with van der Waals surface area (Å²) in [5, 5.41) is 0. The number of benzene rings is 1. The molecule has 0 heterocycles. The second-order valence-corrected chi connectivity index (χ2v) is 3.53. The van der Waals surface area contributed by atoms with Crippen LogP contribution in [0.4, 0.5) is 5.69 Å². The zero-order chi connectivity index (χ0) is 10.7. The van der Waals surface area contributed by atoms with E-state index in [1.807, 2.05) is 42.5 Å². The fourth-order valence-electron chi connectivity index (χ4n) is 1.44. The molecule has 0 saturated heterocycles. The Hall–Kier alpha value is -1.89. The number of nitrogens with zero attached hydrogens (tertiary/aromatic N) is 1. The molecule has 0 saturated carbocycles. The van der Waals surface area contributed by atoms with Gasteiger partial charge in [-0.15, -0.1) is 0 Å². The molecule has 0 fully saturated rings. The lowest BCUT2D eigenvalue weighted by Gasteiger charge is -2.06. The van der Waals surface area contributed by atoms with Crippen LogP contribution in [0.1, 0.15) is 5.56 Å². The van der Waals surface area contributed by atoms with Crippen LogP contribution in [0.15, 0.2) is 65.7 Å². The van der Waals surface area contributed by atoms with Crippen molar-refractivity contribution in [2.75, 3.05) is 0 Å². The summed E-state index contributed by atoms with van der Waals surface area (Å²) in [7, 11) is 0. The molecule has 2 rings (SSSR count). The Balaban J connectivity index is 2.39. The van der Waals surface area contributed by atoms with Crippen molar-refractivity contribution in [3.05, 3.63) is 66.3 Å². The monoisotopic (exact) mass is 195 g/mol. The van der Waals surface area contributed by atoms with Crippen molar-refractivity contribution in [2.45, 2.75) is 6.92 Å². The maximum absolute atomic E-state index is 4.58. The van der Waals surface area contributed by atoms with Gasteiger partial charge < -0.3 is 0 Å². The Bertz CT molecular complexity index is 476. The van der Waals surface area contributed by atoms with Crippen molar-refractivity contribution in [1.82, 2.24) is 0 Å². The van der Waals surface area contributed by atoms with Gasteiger partial charge in [0, 0.05) is 0 Å². The van der Waals surface area contributed by atoms with Crippen LogP contribution in [0.3, 0.4) is 0 Å².